The topological polar surface area (TPSA) is 71.1 Å². The van der Waals surface area contributed by atoms with Gasteiger partial charge in [0.15, 0.2) is 5.13 Å². The molecule has 0 radical (unpaired) electrons. The predicted molar refractivity (Wildman–Crippen MR) is 83.9 cm³/mol. The van der Waals surface area contributed by atoms with E-state index in [1.807, 2.05) is 0 Å². The number of aromatic nitrogens is 1. The first-order chi connectivity index (χ1) is 9.46. The molecule has 1 aliphatic carbocycles. The van der Waals surface area contributed by atoms with Crippen LogP contribution in [0.4, 0.5) is 5.13 Å². The third-order valence-corrected chi connectivity index (χ3v) is 5.76. The van der Waals surface area contributed by atoms with Gasteiger partial charge in [0.2, 0.25) is 10.0 Å². The summed E-state index contributed by atoms with van der Waals surface area (Å²) in [4.78, 5) is 5.60. The minimum Gasteiger partial charge on any atom is -0.315 e. The molecule has 7 heteroatoms. The molecule has 0 aromatic carbocycles. The van der Waals surface area contributed by atoms with E-state index in [0.717, 1.165) is 37.9 Å². The lowest BCUT2D eigenvalue weighted by Crippen LogP contribution is -2.24. The molecule has 1 aromatic rings. The standard InChI is InChI=1S/C13H23N3O2S2/c1-10(2)14-8-3-4-9-20(17,18)16-13-15-11-6-5-7-12(11)19-13/h10,14H,3-9H2,1-2H3,(H,15,16). The van der Waals surface area contributed by atoms with E-state index < -0.39 is 10.0 Å². The Bertz CT molecular complexity index is 516. The Kier molecular flexibility index (Phi) is 5.40. The van der Waals surface area contributed by atoms with E-state index in [1.54, 1.807) is 0 Å². The monoisotopic (exact) mass is 317 g/mol. The number of sulfonamides is 1. The highest BCUT2D eigenvalue weighted by Gasteiger charge is 2.19. The first-order valence-electron chi connectivity index (χ1n) is 7.19. The van der Waals surface area contributed by atoms with Crippen LogP contribution in [-0.4, -0.2) is 31.7 Å². The van der Waals surface area contributed by atoms with Crippen molar-refractivity contribution >= 4 is 26.5 Å². The summed E-state index contributed by atoms with van der Waals surface area (Å²) in [6.07, 6.45) is 4.70. The van der Waals surface area contributed by atoms with Crippen LogP contribution < -0.4 is 10.0 Å². The SMILES string of the molecule is CC(C)NCCCCS(=O)(=O)Nc1nc2c(s1)CCC2. The average Bonchev–Trinajstić information content (AvgIpc) is 2.87. The van der Waals surface area contributed by atoms with E-state index >= 15 is 0 Å². The molecule has 0 unspecified atom stereocenters. The predicted octanol–water partition coefficient (Wildman–Crippen LogP) is 2.15. The van der Waals surface area contributed by atoms with Crippen LogP contribution in [0.15, 0.2) is 0 Å². The molecule has 0 bridgehead atoms. The van der Waals surface area contributed by atoms with E-state index in [9.17, 15) is 8.42 Å². The van der Waals surface area contributed by atoms with Crippen molar-refractivity contribution < 1.29 is 8.42 Å². The van der Waals surface area contributed by atoms with Gasteiger partial charge < -0.3 is 5.32 Å². The maximum absolute atomic E-state index is 12.0. The molecule has 0 amide bonds. The summed E-state index contributed by atoms with van der Waals surface area (Å²) in [6, 6.07) is 0.447. The fourth-order valence-corrected chi connectivity index (χ4v) is 4.67. The number of hydrogen-bond donors (Lipinski definition) is 2. The van der Waals surface area contributed by atoms with Gasteiger partial charge >= 0.3 is 0 Å². The summed E-state index contributed by atoms with van der Waals surface area (Å²) in [5.41, 5.74) is 1.08. The first-order valence-corrected chi connectivity index (χ1v) is 9.65. The number of unbranched alkanes of at least 4 members (excludes halogenated alkanes) is 1. The van der Waals surface area contributed by atoms with Gasteiger partial charge in [-0.15, -0.1) is 11.3 Å². The molecule has 0 saturated carbocycles. The summed E-state index contributed by atoms with van der Waals surface area (Å²) in [5, 5.41) is 3.82. The lowest BCUT2D eigenvalue weighted by molar-refractivity contribution is 0.561. The molecule has 1 heterocycles. The van der Waals surface area contributed by atoms with Crippen molar-refractivity contribution in [2.75, 3.05) is 17.0 Å². The number of hydrogen-bond acceptors (Lipinski definition) is 5. The van der Waals surface area contributed by atoms with E-state index in [0.29, 0.717) is 17.6 Å². The third kappa shape index (κ3) is 4.71. The highest BCUT2D eigenvalue weighted by molar-refractivity contribution is 7.92. The lowest BCUT2D eigenvalue weighted by atomic mass is 10.3. The van der Waals surface area contributed by atoms with E-state index in [2.05, 4.69) is 28.9 Å². The molecule has 114 valence electrons. The fourth-order valence-electron chi connectivity index (χ4n) is 2.23. The van der Waals surface area contributed by atoms with Crippen molar-refractivity contribution in [2.45, 2.75) is 52.0 Å². The second-order valence-corrected chi connectivity index (χ2v) is 8.40. The molecule has 5 nitrogen and oxygen atoms in total. The summed E-state index contributed by atoms with van der Waals surface area (Å²) in [5.74, 6) is 0.164. The van der Waals surface area contributed by atoms with E-state index in [1.165, 1.54) is 16.2 Å². The van der Waals surface area contributed by atoms with Gasteiger partial charge in [-0.05, 0) is 38.6 Å². The van der Waals surface area contributed by atoms with Crippen LogP contribution in [0.5, 0.6) is 0 Å². The fraction of sp³-hybridized carbons (Fsp3) is 0.769. The van der Waals surface area contributed by atoms with Gasteiger partial charge in [0.1, 0.15) is 0 Å². The number of nitrogens with one attached hydrogen (secondary N) is 2. The maximum atomic E-state index is 12.0. The van der Waals surface area contributed by atoms with E-state index in [4.69, 9.17) is 0 Å². The summed E-state index contributed by atoms with van der Waals surface area (Å²) >= 11 is 1.48. The number of rotatable bonds is 8. The van der Waals surface area contributed by atoms with Crippen LogP contribution in [-0.2, 0) is 22.9 Å². The van der Waals surface area contributed by atoms with Crippen molar-refractivity contribution in [2.24, 2.45) is 0 Å². The van der Waals surface area contributed by atoms with Gasteiger partial charge in [-0.2, -0.15) is 0 Å². The minimum absolute atomic E-state index is 0.164. The highest BCUT2D eigenvalue weighted by atomic mass is 32.2. The van der Waals surface area contributed by atoms with Crippen LogP contribution >= 0.6 is 11.3 Å². The van der Waals surface area contributed by atoms with E-state index in [-0.39, 0.29) is 5.75 Å². The molecular weight excluding hydrogens is 294 g/mol. The number of fused-ring (bicyclic) bond motifs is 1. The third-order valence-electron chi connectivity index (χ3n) is 3.23. The zero-order valence-corrected chi connectivity index (χ0v) is 13.7. The van der Waals surface area contributed by atoms with Crippen molar-refractivity contribution in [3.8, 4) is 0 Å². The molecule has 0 fully saturated rings. The quantitative estimate of drug-likeness (QED) is 0.721. The van der Waals surface area contributed by atoms with Crippen LogP contribution in [0.3, 0.4) is 0 Å². The number of nitrogens with zero attached hydrogens (tertiary/aromatic N) is 1. The lowest BCUT2D eigenvalue weighted by Gasteiger charge is -2.08. The van der Waals surface area contributed by atoms with Crippen LogP contribution in [0, 0.1) is 0 Å². The molecule has 0 aliphatic heterocycles. The normalized spacial score (nSPS) is 14.8. The van der Waals surface area contributed by atoms with Crippen molar-refractivity contribution in [1.29, 1.82) is 0 Å². The maximum Gasteiger partial charge on any atom is 0.234 e. The second kappa shape index (κ2) is 6.87. The van der Waals surface area contributed by atoms with Crippen molar-refractivity contribution in [3.05, 3.63) is 10.6 Å². The second-order valence-electron chi connectivity index (χ2n) is 5.48. The van der Waals surface area contributed by atoms with Gasteiger partial charge in [-0.25, -0.2) is 13.4 Å². The zero-order chi connectivity index (χ0) is 14.6. The van der Waals surface area contributed by atoms with Crippen LogP contribution in [0.1, 0.15) is 43.7 Å². The van der Waals surface area contributed by atoms with Crippen molar-refractivity contribution in [3.63, 3.8) is 0 Å². The highest BCUT2D eigenvalue weighted by Crippen LogP contribution is 2.30. The van der Waals surface area contributed by atoms with Gasteiger partial charge in [-0.1, -0.05) is 13.8 Å². The largest absolute Gasteiger partial charge is 0.315 e. The average molecular weight is 317 g/mol. The van der Waals surface area contributed by atoms with Crippen LogP contribution in [0.2, 0.25) is 0 Å². The first kappa shape index (κ1) is 15.7. The summed E-state index contributed by atoms with van der Waals surface area (Å²) < 4.78 is 26.5. The summed E-state index contributed by atoms with van der Waals surface area (Å²) in [6.45, 7) is 5.03. The molecule has 1 aromatic heterocycles. The Labute approximate surface area is 125 Å². The molecule has 0 saturated heterocycles. The Morgan fingerprint density at radius 2 is 2.10 bits per heavy atom. The Morgan fingerprint density at radius 3 is 2.80 bits per heavy atom. The summed E-state index contributed by atoms with van der Waals surface area (Å²) in [7, 11) is -3.25. The molecule has 0 atom stereocenters. The smallest absolute Gasteiger partial charge is 0.234 e. The molecule has 1 aliphatic rings. The van der Waals surface area contributed by atoms with Gasteiger partial charge in [-0.3, -0.25) is 4.72 Å². The zero-order valence-electron chi connectivity index (χ0n) is 12.1. The number of anilines is 1. The molecule has 2 rings (SSSR count). The molecule has 20 heavy (non-hydrogen) atoms. The Morgan fingerprint density at radius 1 is 1.30 bits per heavy atom. The Balaban J connectivity index is 1.75. The number of aryl methyl sites for hydroxylation is 2. The van der Waals surface area contributed by atoms with Gasteiger partial charge in [0, 0.05) is 10.9 Å². The van der Waals surface area contributed by atoms with Crippen molar-refractivity contribution in [1.82, 2.24) is 10.3 Å². The molecule has 0 spiro atoms. The Hall–Kier alpha value is -0.660. The van der Waals surface area contributed by atoms with Gasteiger partial charge in [0.05, 0.1) is 11.4 Å². The van der Waals surface area contributed by atoms with Gasteiger partial charge in [0.25, 0.3) is 0 Å². The minimum atomic E-state index is -3.25. The molecular formula is C13H23N3O2S2. The number of thiazole rings is 1. The molecule has 2 N–H and O–H groups in total. The van der Waals surface area contributed by atoms with Crippen LogP contribution in [0.25, 0.3) is 0 Å².